The molecule has 2 saturated heterocycles. The summed E-state index contributed by atoms with van der Waals surface area (Å²) in [6, 6.07) is 12.7. The fraction of sp³-hybridized carbons (Fsp3) is 0.579. The van der Waals surface area contributed by atoms with E-state index in [-0.39, 0.29) is 11.8 Å². The molecule has 1 aromatic carbocycles. The van der Waals surface area contributed by atoms with Crippen molar-refractivity contribution in [2.24, 2.45) is 5.92 Å². The van der Waals surface area contributed by atoms with Crippen LogP contribution in [0.25, 0.3) is 0 Å². The smallest absolute Gasteiger partial charge is 0.225 e. The lowest BCUT2D eigenvalue weighted by molar-refractivity contribution is -0.129. The Morgan fingerprint density at radius 2 is 2.08 bits per heavy atom. The lowest BCUT2D eigenvalue weighted by atomic mass is 9.89. The fourth-order valence-corrected chi connectivity index (χ4v) is 3.58. The molecule has 0 radical (unpaired) electrons. The maximum atomic E-state index is 12.7. The predicted molar refractivity (Wildman–Crippen MR) is 91.0 cm³/mol. The third-order valence-corrected chi connectivity index (χ3v) is 5.05. The van der Waals surface area contributed by atoms with E-state index < -0.39 is 5.54 Å². The van der Waals surface area contributed by atoms with Crippen molar-refractivity contribution in [1.82, 2.24) is 10.2 Å². The number of carbonyl (C=O) groups excluding carboxylic acids is 1. The van der Waals surface area contributed by atoms with Crippen LogP contribution in [0.3, 0.4) is 0 Å². The summed E-state index contributed by atoms with van der Waals surface area (Å²) in [6.45, 7) is 3.74. The quantitative estimate of drug-likeness (QED) is 0.919. The third-order valence-electron chi connectivity index (χ3n) is 5.05. The van der Waals surface area contributed by atoms with Crippen LogP contribution in [0.15, 0.2) is 30.3 Å². The predicted octanol–water partition coefficient (Wildman–Crippen LogP) is 2.09. The van der Waals surface area contributed by atoms with Gasteiger partial charge >= 0.3 is 0 Å². The lowest BCUT2D eigenvalue weighted by Crippen LogP contribution is -2.54. The van der Waals surface area contributed by atoms with Crippen molar-refractivity contribution in [2.75, 3.05) is 26.3 Å². The highest BCUT2D eigenvalue weighted by molar-refractivity contribution is 5.80. The highest BCUT2D eigenvalue weighted by atomic mass is 16.5. The molecule has 0 aromatic heterocycles. The maximum absolute atomic E-state index is 12.7. The van der Waals surface area contributed by atoms with Gasteiger partial charge in [0, 0.05) is 39.1 Å². The number of benzene rings is 1. The average molecular weight is 327 g/mol. The van der Waals surface area contributed by atoms with Crippen molar-refractivity contribution in [3.8, 4) is 6.07 Å². The summed E-state index contributed by atoms with van der Waals surface area (Å²) in [6.07, 6.45) is 3.08. The fourth-order valence-electron chi connectivity index (χ4n) is 3.58. The van der Waals surface area contributed by atoms with Gasteiger partial charge in [0.25, 0.3) is 0 Å². The Morgan fingerprint density at radius 3 is 2.79 bits per heavy atom. The minimum atomic E-state index is -0.739. The molecule has 1 N–H and O–H groups in total. The van der Waals surface area contributed by atoms with Gasteiger partial charge in [-0.05, 0) is 24.9 Å². The topological polar surface area (TPSA) is 65.4 Å². The molecule has 5 heteroatoms. The second-order valence-corrected chi connectivity index (χ2v) is 6.86. The lowest BCUT2D eigenvalue weighted by Gasteiger charge is -2.36. The van der Waals surface area contributed by atoms with Crippen molar-refractivity contribution < 1.29 is 9.53 Å². The van der Waals surface area contributed by atoms with Gasteiger partial charge in [0.15, 0.2) is 0 Å². The number of hydrogen-bond donors (Lipinski definition) is 1. The number of amides is 1. The molecule has 1 amide bonds. The van der Waals surface area contributed by atoms with Crippen molar-refractivity contribution in [1.29, 1.82) is 5.26 Å². The SMILES string of the molecule is N#CC1(NC(=O)[C@H]2CCCN(Cc3ccccc3)C2)CCOCC1. The number of nitrogens with zero attached hydrogens (tertiary/aromatic N) is 2. The van der Waals surface area contributed by atoms with Gasteiger partial charge in [-0.2, -0.15) is 5.26 Å². The van der Waals surface area contributed by atoms with Crippen LogP contribution < -0.4 is 5.32 Å². The van der Waals surface area contributed by atoms with Crippen molar-refractivity contribution >= 4 is 5.91 Å². The van der Waals surface area contributed by atoms with E-state index in [1.807, 2.05) is 18.2 Å². The number of ether oxygens (including phenoxy) is 1. The molecular formula is C19H25N3O2. The van der Waals surface area contributed by atoms with Crippen LogP contribution in [0.1, 0.15) is 31.2 Å². The van der Waals surface area contributed by atoms with Gasteiger partial charge in [-0.1, -0.05) is 30.3 Å². The zero-order chi connectivity index (χ0) is 16.8. The zero-order valence-corrected chi connectivity index (χ0v) is 14.0. The van der Waals surface area contributed by atoms with Crippen molar-refractivity contribution in [3.63, 3.8) is 0 Å². The van der Waals surface area contributed by atoms with Crippen LogP contribution in [0, 0.1) is 17.2 Å². The molecule has 5 nitrogen and oxygen atoms in total. The molecule has 2 fully saturated rings. The molecule has 0 spiro atoms. The molecule has 0 aliphatic carbocycles. The molecule has 2 heterocycles. The number of hydrogen-bond acceptors (Lipinski definition) is 4. The van der Waals surface area contributed by atoms with E-state index in [1.54, 1.807) is 0 Å². The van der Waals surface area contributed by atoms with Gasteiger partial charge in [-0.3, -0.25) is 9.69 Å². The van der Waals surface area contributed by atoms with E-state index in [2.05, 4.69) is 28.4 Å². The number of nitriles is 1. The first-order chi connectivity index (χ1) is 11.7. The Labute approximate surface area is 143 Å². The Balaban J connectivity index is 1.57. The van der Waals surface area contributed by atoms with E-state index in [0.29, 0.717) is 26.1 Å². The van der Waals surface area contributed by atoms with Crippen LogP contribution in [0.2, 0.25) is 0 Å². The molecule has 1 atom stereocenters. The summed E-state index contributed by atoms with van der Waals surface area (Å²) < 4.78 is 5.33. The van der Waals surface area contributed by atoms with Gasteiger partial charge in [0.2, 0.25) is 5.91 Å². The second kappa shape index (κ2) is 7.78. The van der Waals surface area contributed by atoms with E-state index in [0.717, 1.165) is 32.5 Å². The number of carbonyl (C=O) groups is 1. The monoisotopic (exact) mass is 327 g/mol. The Bertz CT molecular complexity index is 590. The minimum Gasteiger partial charge on any atom is -0.381 e. The average Bonchev–Trinajstić information content (AvgIpc) is 2.63. The van der Waals surface area contributed by atoms with E-state index in [1.165, 1.54) is 5.56 Å². The highest BCUT2D eigenvalue weighted by Crippen LogP contribution is 2.23. The van der Waals surface area contributed by atoms with Crippen LogP contribution in [-0.2, 0) is 16.1 Å². The van der Waals surface area contributed by atoms with Gasteiger partial charge in [-0.25, -0.2) is 0 Å². The van der Waals surface area contributed by atoms with E-state index >= 15 is 0 Å². The van der Waals surface area contributed by atoms with Crippen LogP contribution in [0.5, 0.6) is 0 Å². The molecule has 2 aliphatic rings. The second-order valence-electron chi connectivity index (χ2n) is 6.86. The Hall–Kier alpha value is -1.90. The highest BCUT2D eigenvalue weighted by Gasteiger charge is 2.37. The third kappa shape index (κ3) is 4.14. The van der Waals surface area contributed by atoms with Crippen LogP contribution >= 0.6 is 0 Å². The van der Waals surface area contributed by atoms with E-state index in [4.69, 9.17) is 4.74 Å². The number of piperidine rings is 1. The van der Waals surface area contributed by atoms with Crippen LogP contribution in [0.4, 0.5) is 0 Å². The van der Waals surface area contributed by atoms with Gasteiger partial charge in [0.1, 0.15) is 5.54 Å². The summed E-state index contributed by atoms with van der Waals surface area (Å²) in [5.74, 6) is -0.00764. The van der Waals surface area contributed by atoms with Crippen molar-refractivity contribution in [2.45, 2.75) is 37.8 Å². The van der Waals surface area contributed by atoms with Gasteiger partial charge in [0.05, 0.1) is 12.0 Å². The van der Waals surface area contributed by atoms with Gasteiger partial charge in [-0.15, -0.1) is 0 Å². The largest absolute Gasteiger partial charge is 0.381 e. The number of likely N-dealkylation sites (tertiary alicyclic amines) is 1. The molecule has 0 bridgehead atoms. The molecule has 128 valence electrons. The van der Waals surface area contributed by atoms with Crippen LogP contribution in [-0.4, -0.2) is 42.6 Å². The first kappa shape index (κ1) is 16.9. The molecule has 0 unspecified atom stereocenters. The van der Waals surface area contributed by atoms with Crippen molar-refractivity contribution in [3.05, 3.63) is 35.9 Å². The number of nitrogens with one attached hydrogen (secondary N) is 1. The molecule has 3 rings (SSSR count). The Kier molecular flexibility index (Phi) is 5.49. The maximum Gasteiger partial charge on any atom is 0.225 e. The molecular weight excluding hydrogens is 302 g/mol. The van der Waals surface area contributed by atoms with E-state index in [9.17, 15) is 10.1 Å². The summed E-state index contributed by atoms with van der Waals surface area (Å²) in [5, 5.41) is 12.5. The standard InChI is InChI=1S/C19H25N3O2/c20-15-19(8-11-24-12-9-19)21-18(23)17-7-4-10-22(14-17)13-16-5-2-1-3-6-16/h1-3,5-6,17H,4,7-14H2,(H,21,23)/t17-/m0/s1. The molecule has 0 saturated carbocycles. The molecule has 2 aliphatic heterocycles. The first-order valence-electron chi connectivity index (χ1n) is 8.78. The summed E-state index contributed by atoms with van der Waals surface area (Å²) in [7, 11) is 0. The summed E-state index contributed by atoms with van der Waals surface area (Å²) in [5.41, 5.74) is 0.535. The molecule has 1 aromatic rings. The Morgan fingerprint density at radius 1 is 1.33 bits per heavy atom. The first-order valence-corrected chi connectivity index (χ1v) is 8.78. The molecule has 24 heavy (non-hydrogen) atoms. The summed E-state index contributed by atoms with van der Waals surface area (Å²) >= 11 is 0. The number of rotatable bonds is 4. The summed E-state index contributed by atoms with van der Waals surface area (Å²) in [4.78, 5) is 15.0. The normalized spacial score (nSPS) is 24.0. The minimum absolute atomic E-state index is 0.0243. The van der Waals surface area contributed by atoms with Gasteiger partial charge < -0.3 is 10.1 Å². The zero-order valence-electron chi connectivity index (χ0n) is 14.0.